The maximum atomic E-state index is 12.4. The molecule has 2 heterocycles. The van der Waals surface area contributed by atoms with E-state index >= 15 is 0 Å². The molecule has 0 saturated carbocycles. The molecule has 0 atom stereocenters. The Kier molecular flexibility index (Phi) is 4.57. The Morgan fingerprint density at radius 3 is 2.52 bits per heavy atom. The number of para-hydroxylation sites is 1. The van der Waals surface area contributed by atoms with E-state index in [0.717, 1.165) is 22.7 Å². The molecule has 1 aliphatic heterocycles. The number of carbonyl (C=O) groups excluding carboxylic acids is 1. The zero-order chi connectivity index (χ0) is 18.6. The Morgan fingerprint density at radius 2 is 1.74 bits per heavy atom. The molecule has 1 aromatic heterocycles. The van der Waals surface area contributed by atoms with Crippen LogP contribution in [0.5, 0.6) is 11.5 Å². The van der Waals surface area contributed by atoms with Crippen LogP contribution in [0.2, 0.25) is 0 Å². The number of aromatic nitrogens is 2. The summed E-state index contributed by atoms with van der Waals surface area (Å²) in [7, 11) is 0. The number of fused-ring (bicyclic) bond motifs is 1. The highest BCUT2D eigenvalue weighted by molar-refractivity contribution is 6.04. The first-order valence-electron chi connectivity index (χ1n) is 8.55. The standard InChI is InChI=1S/C20H18N4O3/c1-13-4-2-3-5-16(13)24-19(25)14-11-21-20(22-12-14)23-15-6-7-17-18(10-15)27-9-8-26-17/h2-7,10-12H,8-9H2,1H3,(H,24,25)(H,21,22,23). The fourth-order valence-electron chi connectivity index (χ4n) is 2.67. The summed E-state index contributed by atoms with van der Waals surface area (Å²) >= 11 is 0. The molecule has 2 N–H and O–H groups in total. The van der Waals surface area contributed by atoms with Crippen molar-refractivity contribution >= 4 is 23.2 Å². The summed E-state index contributed by atoms with van der Waals surface area (Å²) in [6.45, 7) is 3.01. The molecule has 27 heavy (non-hydrogen) atoms. The molecular weight excluding hydrogens is 344 g/mol. The molecule has 7 heteroatoms. The molecule has 1 aliphatic rings. The third-order valence-corrected chi connectivity index (χ3v) is 4.11. The number of aryl methyl sites for hydroxylation is 1. The van der Waals surface area contributed by atoms with Gasteiger partial charge in [-0.25, -0.2) is 9.97 Å². The van der Waals surface area contributed by atoms with Crippen molar-refractivity contribution in [3.05, 3.63) is 66.0 Å². The lowest BCUT2D eigenvalue weighted by Gasteiger charge is -2.19. The number of nitrogens with zero attached hydrogens (tertiary/aromatic N) is 2. The molecule has 0 saturated heterocycles. The van der Waals surface area contributed by atoms with Crippen molar-refractivity contribution in [3.63, 3.8) is 0 Å². The Hall–Kier alpha value is -3.61. The minimum Gasteiger partial charge on any atom is -0.486 e. The number of hydrogen-bond acceptors (Lipinski definition) is 6. The zero-order valence-electron chi connectivity index (χ0n) is 14.7. The van der Waals surface area contributed by atoms with Gasteiger partial charge in [0.15, 0.2) is 11.5 Å². The highest BCUT2D eigenvalue weighted by atomic mass is 16.6. The van der Waals surface area contributed by atoms with Crippen LogP contribution in [0.1, 0.15) is 15.9 Å². The smallest absolute Gasteiger partial charge is 0.258 e. The fraction of sp³-hybridized carbons (Fsp3) is 0.150. The normalized spacial score (nSPS) is 12.3. The van der Waals surface area contributed by atoms with Gasteiger partial charge < -0.3 is 20.1 Å². The van der Waals surface area contributed by atoms with Gasteiger partial charge in [-0.1, -0.05) is 18.2 Å². The van der Waals surface area contributed by atoms with Gasteiger partial charge in [-0.2, -0.15) is 0 Å². The number of amides is 1. The molecule has 7 nitrogen and oxygen atoms in total. The number of rotatable bonds is 4. The van der Waals surface area contributed by atoms with Crippen molar-refractivity contribution < 1.29 is 14.3 Å². The Balaban J connectivity index is 1.44. The second-order valence-electron chi connectivity index (χ2n) is 6.05. The van der Waals surface area contributed by atoms with E-state index in [1.165, 1.54) is 12.4 Å². The van der Waals surface area contributed by atoms with Crippen LogP contribution in [0.4, 0.5) is 17.3 Å². The molecule has 1 amide bonds. The van der Waals surface area contributed by atoms with E-state index in [4.69, 9.17) is 9.47 Å². The van der Waals surface area contributed by atoms with Crippen LogP contribution >= 0.6 is 0 Å². The lowest BCUT2D eigenvalue weighted by molar-refractivity contribution is 0.102. The summed E-state index contributed by atoms with van der Waals surface area (Å²) in [5.74, 6) is 1.53. The number of anilines is 3. The lowest BCUT2D eigenvalue weighted by atomic mass is 10.2. The van der Waals surface area contributed by atoms with Crippen LogP contribution in [0.25, 0.3) is 0 Å². The topological polar surface area (TPSA) is 85.4 Å². The van der Waals surface area contributed by atoms with Crippen LogP contribution in [-0.2, 0) is 0 Å². The van der Waals surface area contributed by atoms with Crippen molar-refractivity contribution in [3.8, 4) is 11.5 Å². The van der Waals surface area contributed by atoms with E-state index in [0.29, 0.717) is 30.5 Å². The van der Waals surface area contributed by atoms with Gasteiger partial charge in [0.1, 0.15) is 13.2 Å². The van der Waals surface area contributed by atoms with E-state index in [2.05, 4.69) is 20.6 Å². The minimum atomic E-state index is -0.254. The van der Waals surface area contributed by atoms with Gasteiger partial charge in [-0.15, -0.1) is 0 Å². The molecule has 2 aromatic carbocycles. The van der Waals surface area contributed by atoms with Gasteiger partial charge >= 0.3 is 0 Å². The molecular formula is C20H18N4O3. The summed E-state index contributed by atoms with van der Waals surface area (Å²) < 4.78 is 11.1. The van der Waals surface area contributed by atoms with Crippen LogP contribution in [0.3, 0.4) is 0 Å². The number of carbonyl (C=O) groups is 1. The molecule has 4 rings (SSSR count). The lowest BCUT2D eigenvalue weighted by Crippen LogP contribution is -2.15. The Morgan fingerprint density at radius 1 is 1.00 bits per heavy atom. The van der Waals surface area contributed by atoms with Crippen molar-refractivity contribution in [1.29, 1.82) is 0 Å². The second kappa shape index (κ2) is 7.33. The van der Waals surface area contributed by atoms with E-state index in [1.807, 2.05) is 49.4 Å². The largest absolute Gasteiger partial charge is 0.486 e. The maximum Gasteiger partial charge on any atom is 0.258 e. The monoisotopic (exact) mass is 362 g/mol. The Labute approximate surface area is 156 Å². The third-order valence-electron chi connectivity index (χ3n) is 4.11. The maximum absolute atomic E-state index is 12.4. The van der Waals surface area contributed by atoms with Crippen molar-refractivity contribution in [2.45, 2.75) is 6.92 Å². The molecule has 3 aromatic rings. The van der Waals surface area contributed by atoms with Crippen LogP contribution in [0.15, 0.2) is 54.9 Å². The highest BCUT2D eigenvalue weighted by Crippen LogP contribution is 2.33. The molecule has 0 spiro atoms. The molecule has 0 unspecified atom stereocenters. The summed E-state index contributed by atoms with van der Waals surface area (Å²) in [6, 6.07) is 13.1. The number of ether oxygens (including phenoxy) is 2. The van der Waals surface area contributed by atoms with Crippen LogP contribution < -0.4 is 20.1 Å². The zero-order valence-corrected chi connectivity index (χ0v) is 14.7. The third kappa shape index (κ3) is 3.82. The summed E-state index contributed by atoms with van der Waals surface area (Å²) in [5.41, 5.74) is 2.91. The van der Waals surface area contributed by atoms with E-state index in [-0.39, 0.29) is 5.91 Å². The first-order chi connectivity index (χ1) is 13.2. The predicted molar refractivity (Wildman–Crippen MR) is 102 cm³/mol. The Bertz CT molecular complexity index is 973. The van der Waals surface area contributed by atoms with Crippen molar-refractivity contribution in [2.75, 3.05) is 23.8 Å². The number of benzene rings is 2. The van der Waals surface area contributed by atoms with Gasteiger partial charge in [0.2, 0.25) is 5.95 Å². The second-order valence-corrected chi connectivity index (χ2v) is 6.05. The number of nitrogens with one attached hydrogen (secondary N) is 2. The summed E-state index contributed by atoms with van der Waals surface area (Å²) in [6.07, 6.45) is 2.97. The van der Waals surface area contributed by atoms with Crippen LogP contribution in [-0.4, -0.2) is 29.1 Å². The molecule has 136 valence electrons. The molecule has 0 radical (unpaired) electrons. The number of hydrogen-bond donors (Lipinski definition) is 2. The first kappa shape index (κ1) is 16.8. The minimum absolute atomic E-state index is 0.254. The first-order valence-corrected chi connectivity index (χ1v) is 8.55. The molecule has 0 fully saturated rings. The van der Waals surface area contributed by atoms with Gasteiger partial charge in [0.25, 0.3) is 5.91 Å². The average Bonchev–Trinajstić information content (AvgIpc) is 2.70. The fourth-order valence-corrected chi connectivity index (χ4v) is 2.67. The molecule has 0 aliphatic carbocycles. The van der Waals surface area contributed by atoms with Gasteiger partial charge in [-0.3, -0.25) is 4.79 Å². The quantitative estimate of drug-likeness (QED) is 0.738. The predicted octanol–water partition coefficient (Wildman–Crippen LogP) is 3.55. The van der Waals surface area contributed by atoms with Gasteiger partial charge in [-0.05, 0) is 30.7 Å². The highest BCUT2D eigenvalue weighted by Gasteiger charge is 2.13. The SMILES string of the molecule is Cc1ccccc1NC(=O)c1cnc(Nc2ccc3c(c2)OCCO3)nc1. The van der Waals surface area contributed by atoms with Crippen molar-refractivity contribution in [1.82, 2.24) is 9.97 Å². The van der Waals surface area contributed by atoms with Gasteiger partial charge in [0, 0.05) is 29.8 Å². The average molecular weight is 362 g/mol. The van der Waals surface area contributed by atoms with E-state index in [1.54, 1.807) is 0 Å². The molecule has 0 bridgehead atoms. The summed E-state index contributed by atoms with van der Waals surface area (Å²) in [5, 5.41) is 5.95. The van der Waals surface area contributed by atoms with Crippen LogP contribution in [0, 0.1) is 6.92 Å². The summed E-state index contributed by atoms with van der Waals surface area (Å²) in [4.78, 5) is 20.8. The van der Waals surface area contributed by atoms with E-state index in [9.17, 15) is 4.79 Å². The van der Waals surface area contributed by atoms with E-state index < -0.39 is 0 Å². The van der Waals surface area contributed by atoms with Gasteiger partial charge in [0.05, 0.1) is 5.56 Å². The van der Waals surface area contributed by atoms with Crippen molar-refractivity contribution in [2.24, 2.45) is 0 Å².